The Balaban J connectivity index is 2.10. The molecule has 26 heavy (non-hydrogen) atoms. The largest absolute Gasteiger partial charge is 0.497 e. The highest BCUT2D eigenvalue weighted by Crippen LogP contribution is 2.25. The summed E-state index contributed by atoms with van der Waals surface area (Å²) in [6, 6.07) is 12.3. The first kappa shape index (κ1) is 20.0. The van der Waals surface area contributed by atoms with Gasteiger partial charge in [-0.25, -0.2) is 0 Å². The van der Waals surface area contributed by atoms with Gasteiger partial charge in [-0.2, -0.15) is 0 Å². The average molecular weight is 354 g/mol. The third-order valence-corrected chi connectivity index (χ3v) is 4.82. The number of carbonyl (C=O) groups is 1. The van der Waals surface area contributed by atoms with Crippen LogP contribution >= 0.6 is 0 Å². The number of amides is 1. The van der Waals surface area contributed by atoms with Crippen LogP contribution in [-0.2, 0) is 4.79 Å². The molecule has 0 aliphatic carbocycles. The summed E-state index contributed by atoms with van der Waals surface area (Å²) in [5.74, 6) is 0.845. The molecule has 1 amide bonds. The van der Waals surface area contributed by atoms with Gasteiger partial charge in [0.2, 0.25) is 5.91 Å². The van der Waals surface area contributed by atoms with Gasteiger partial charge < -0.3 is 10.1 Å². The van der Waals surface area contributed by atoms with Gasteiger partial charge in [0.25, 0.3) is 0 Å². The van der Waals surface area contributed by atoms with Crippen LogP contribution in [0.5, 0.6) is 5.75 Å². The van der Waals surface area contributed by atoms with E-state index in [9.17, 15) is 4.79 Å². The van der Waals surface area contributed by atoms with Crippen molar-refractivity contribution in [3.63, 3.8) is 0 Å². The van der Waals surface area contributed by atoms with Gasteiger partial charge in [-0.1, -0.05) is 36.8 Å². The van der Waals surface area contributed by atoms with E-state index in [0.717, 1.165) is 34.7 Å². The van der Waals surface area contributed by atoms with E-state index >= 15 is 0 Å². The molecule has 4 heteroatoms. The minimum absolute atomic E-state index is 0.0108. The molecule has 2 rings (SSSR count). The molecule has 140 valence electrons. The summed E-state index contributed by atoms with van der Waals surface area (Å²) in [5, 5.41) is 3.09. The topological polar surface area (TPSA) is 41.6 Å². The zero-order valence-electron chi connectivity index (χ0n) is 16.7. The monoisotopic (exact) mass is 354 g/mol. The van der Waals surface area contributed by atoms with Gasteiger partial charge >= 0.3 is 0 Å². The van der Waals surface area contributed by atoms with E-state index in [1.54, 1.807) is 7.11 Å². The Morgan fingerprint density at radius 1 is 1.15 bits per heavy atom. The van der Waals surface area contributed by atoms with Gasteiger partial charge in [-0.15, -0.1) is 0 Å². The van der Waals surface area contributed by atoms with Gasteiger partial charge in [0.05, 0.1) is 13.7 Å². The highest BCUT2D eigenvalue weighted by molar-refractivity contribution is 5.93. The van der Waals surface area contributed by atoms with E-state index in [0.29, 0.717) is 6.54 Å². The molecule has 0 heterocycles. The van der Waals surface area contributed by atoms with Crippen LogP contribution < -0.4 is 10.1 Å². The molecule has 0 saturated heterocycles. The number of aryl methyl sites for hydroxylation is 3. The molecule has 0 spiro atoms. The van der Waals surface area contributed by atoms with Crippen molar-refractivity contribution in [1.29, 1.82) is 0 Å². The summed E-state index contributed by atoms with van der Waals surface area (Å²) in [6.45, 7) is 11.5. The Kier molecular flexibility index (Phi) is 6.81. The van der Waals surface area contributed by atoms with Crippen LogP contribution in [0.2, 0.25) is 0 Å². The number of benzene rings is 2. The predicted octanol–water partition coefficient (Wildman–Crippen LogP) is 4.64. The molecule has 0 unspecified atom stereocenters. The smallest absolute Gasteiger partial charge is 0.238 e. The number of hydrogen-bond donors (Lipinski definition) is 1. The molecule has 0 bridgehead atoms. The third kappa shape index (κ3) is 4.85. The summed E-state index contributed by atoms with van der Waals surface area (Å²) >= 11 is 0. The van der Waals surface area contributed by atoms with Crippen LogP contribution in [0.25, 0.3) is 0 Å². The minimum Gasteiger partial charge on any atom is -0.497 e. The lowest BCUT2D eigenvalue weighted by atomic mass is 10.0. The maximum absolute atomic E-state index is 12.7. The van der Waals surface area contributed by atoms with Crippen LogP contribution in [0.3, 0.4) is 0 Å². The van der Waals surface area contributed by atoms with Gasteiger partial charge in [0, 0.05) is 11.7 Å². The molecule has 4 nitrogen and oxygen atoms in total. The number of rotatable bonds is 7. The number of carbonyl (C=O) groups excluding carboxylic acids is 1. The molecule has 0 saturated carbocycles. The van der Waals surface area contributed by atoms with Gasteiger partial charge in [-0.3, -0.25) is 9.69 Å². The lowest BCUT2D eigenvalue weighted by molar-refractivity contribution is -0.117. The first-order valence-electron chi connectivity index (χ1n) is 9.11. The highest BCUT2D eigenvalue weighted by Gasteiger charge is 2.18. The van der Waals surface area contributed by atoms with Gasteiger partial charge in [0.15, 0.2) is 0 Å². The molecule has 0 aliphatic rings. The second kappa shape index (κ2) is 8.86. The van der Waals surface area contributed by atoms with Crippen molar-refractivity contribution in [3.05, 3.63) is 58.7 Å². The number of nitrogens with zero attached hydrogens (tertiary/aromatic N) is 1. The van der Waals surface area contributed by atoms with E-state index in [4.69, 9.17) is 4.74 Å². The summed E-state index contributed by atoms with van der Waals surface area (Å²) in [5.41, 5.74) is 5.46. The van der Waals surface area contributed by atoms with Gasteiger partial charge in [0.1, 0.15) is 5.75 Å². The van der Waals surface area contributed by atoms with Crippen molar-refractivity contribution in [3.8, 4) is 5.75 Å². The van der Waals surface area contributed by atoms with Crippen molar-refractivity contribution in [2.24, 2.45) is 0 Å². The number of anilines is 1. The second-order valence-corrected chi connectivity index (χ2v) is 6.84. The summed E-state index contributed by atoms with van der Waals surface area (Å²) in [4.78, 5) is 14.8. The number of methoxy groups -OCH3 is 1. The zero-order chi connectivity index (χ0) is 19.3. The molecule has 0 radical (unpaired) electrons. The number of likely N-dealkylation sites (N-methyl/N-ethyl adjacent to an activating group) is 1. The third-order valence-electron chi connectivity index (χ3n) is 4.82. The lowest BCUT2D eigenvalue weighted by Gasteiger charge is -2.28. The number of ether oxygens (including phenoxy) is 1. The molecule has 1 N–H and O–H groups in total. The molecule has 2 aromatic carbocycles. The Bertz CT molecular complexity index is 747. The van der Waals surface area contributed by atoms with E-state index in [1.165, 1.54) is 5.56 Å². The van der Waals surface area contributed by atoms with Crippen molar-refractivity contribution >= 4 is 11.6 Å². The molecule has 1 atom stereocenters. The molecule has 0 fully saturated rings. The van der Waals surface area contributed by atoms with E-state index < -0.39 is 0 Å². The SMILES string of the molecule is CCN(CC(=O)Nc1c(C)cc(C)cc1C)[C@H](C)c1cccc(OC)c1. The fraction of sp³-hybridized carbons (Fsp3) is 0.409. The summed E-state index contributed by atoms with van der Waals surface area (Å²) < 4.78 is 5.32. The molecule has 2 aromatic rings. The maximum Gasteiger partial charge on any atom is 0.238 e. The minimum atomic E-state index is 0.0108. The standard InChI is InChI=1S/C22H30N2O2/c1-7-24(18(5)19-9-8-10-20(13-19)26-6)14-21(25)23-22-16(3)11-15(2)12-17(22)4/h8-13,18H,7,14H2,1-6H3,(H,23,25)/t18-/m1/s1. The molecular weight excluding hydrogens is 324 g/mol. The van der Waals surface area contributed by atoms with Crippen LogP contribution in [0, 0.1) is 20.8 Å². The first-order valence-corrected chi connectivity index (χ1v) is 9.11. The molecular formula is C22H30N2O2. The van der Waals surface area contributed by atoms with Crippen LogP contribution in [-0.4, -0.2) is 31.0 Å². The van der Waals surface area contributed by atoms with E-state index in [-0.39, 0.29) is 11.9 Å². The van der Waals surface area contributed by atoms with Crippen LogP contribution in [0.15, 0.2) is 36.4 Å². The maximum atomic E-state index is 12.7. The Morgan fingerprint density at radius 2 is 1.81 bits per heavy atom. The van der Waals surface area contributed by atoms with Crippen molar-refractivity contribution in [2.45, 2.75) is 40.7 Å². The molecule has 0 aromatic heterocycles. The van der Waals surface area contributed by atoms with E-state index in [2.05, 4.69) is 49.2 Å². The number of nitrogens with one attached hydrogen (secondary N) is 1. The van der Waals surface area contributed by atoms with Crippen molar-refractivity contribution in [2.75, 3.05) is 25.5 Å². The molecule has 0 aliphatic heterocycles. The Labute approximate surface area is 157 Å². The Morgan fingerprint density at radius 3 is 2.38 bits per heavy atom. The van der Waals surface area contributed by atoms with Gasteiger partial charge in [-0.05, 0) is 63.1 Å². The van der Waals surface area contributed by atoms with Crippen molar-refractivity contribution < 1.29 is 9.53 Å². The zero-order valence-corrected chi connectivity index (χ0v) is 16.7. The number of hydrogen-bond acceptors (Lipinski definition) is 3. The summed E-state index contributed by atoms with van der Waals surface area (Å²) in [7, 11) is 1.67. The first-order chi connectivity index (χ1) is 12.3. The fourth-order valence-electron chi connectivity index (χ4n) is 3.38. The van der Waals surface area contributed by atoms with Crippen LogP contribution in [0.4, 0.5) is 5.69 Å². The second-order valence-electron chi connectivity index (χ2n) is 6.84. The van der Waals surface area contributed by atoms with E-state index in [1.807, 2.05) is 32.0 Å². The quantitative estimate of drug-likeness (QED) is 0.787. The Hall–Kier alpha value is -2.33. The predicted molar refractivity (Wildman–Crippen MR) is 108 cm³/mol. The lowest BCUT2D eigenvalue weighted by Crippen LogP contribution is -2.35. The normalized spacial score (nSPS) is 12.1. The highest BCUT2D eigenvalue weighted by atomic mass is 16.5. The summed E-state index contributed by atoms with van der Waals surface area (Å²) in [6.07, 6.45) is 0. The average Bonchev–Trinajstić information content (AvgIpc) is 2.62. The van der Waals surface area contributed by atoms with Crippen molar-refractivity contribution in [1.82, 2.24) is 4.90 Å². The van der Waals surface area contributed by atoms with Crippen LogP contribution in [0.1, 0.15) is 42.1 Å². The fourth-order valence-corrected chi connectivity index (χ4v) is 3.38.